The minimum atomic E-state index is 0.481. The van der Waals surface area contributed by atoms with Crippen molar-refractivity contribution >= 4 is 0 Å². The predicted octanol–water partition coefficient (Wildman–Crippen LogP) is 2.27. The first kappa shape index (κ1) is 11.5. The van der Waals surface area contributed by atoms with Gasteiger partial charge in [-0.3, -0.25) is 4.90 Å². The van der Waals surface area contributed by atoms with E-state index in [1.165, 1.54) is 45.3 Å². The molecule has 0 atom stereocenters. The van der Waals surface area contributed by atoms with Crippen LogP contribution in [0.1, 0.15) is 32.1 Å². The van der Waals surface area contributed by atoms with Crippen LogP contribution >= 0.6 is 0 Å². The number of nitrogens with zero attached hydrogens (tertiary/aromatic N) is 1. The van der Waals surface area contributed by atoms with E-state index in [0.717, 1.165) is 30.2 Å². The van der Waals surface area contributed by atoms with Gasteiger partial charge < -0.3 is 5.32 Å². The van der Waals surface area contributed by atoms with Crippen LogP contribution in [0.25, 0.3) is 0 Å². The average molecular weight is 246 g/mol. The molecule has 0 radical (unpaired) electrons. The summed E-state index contributed by atoms with van der Waals surface area (Å²) in [4.78, 5) is 2.63. The minimum Gasteiger partial charge on any atom is -0.308 e. The fourth-order valence-corrected chi connectivity index (χ4v) is 5.86. The van der Waals surface area contributed by atoms with E-state index in [0.29, 0.717) is 5.54 Å². The van der Waals surface area contributed by atoms with Crippen molar-refractivity contribution in [2.24, 2.45) is 23.7 Å². The Balaban J connectivity index is 1.60. The zero-order valence-electron chi connectivity index (χ0n) is 11.4. The second-order valence-corrected chi connectivity index (χ2v) is 7.30. The van der Waals surface area contributed by atoms with Gasteiger partial charge in [0.25, 0.3) is 0 Å². The Labute approximate surface area is 111 Å². The third-order valence-electron chi connectivity index (χ3n) is 6.35. The smallest absolute Gasteiger partial charge is 0.0366 e. The summed E-state index contributed by atoms with van der Waals surface area (Å²) in [6.45, 7) is 8.68. The molecule has 4 bridgehead atoms. The highest BCUT2D eigenvalue weighted by atomic mass is 15.2. The van der Waals surface area contributed by atoms with Crippen LogP contribution < -0.4 is 5.32 Å². The molecule has 0 amide bonds. The highest BCUT2D eigenvalue weighted by Crippen LogP contribution is 2.58. The minimum absolute atomic E-state index is 0.481. The maximum absolute atomic E-state index is 3.99. The number of hydrogen-bond acceptors (Lipinski definition) is 2. The molecule has 5 rings (SSSR count). The van der Waals surface area contributed by atoms with Crippen molar-refractivity contribution in [2.45, 2.75) is 37.6 Å². The zero-order chi connectivity index (χ0) is 12.2. The van der Waals surface area contributed by atoms with Gasteiger partial charge in [0.05, 0.1) is 0 Å². The maximum atomic E-state index is 3.99. The van der Waals surface area contributed by atoms with E-state index < -0.39 is 0 Å². The molecule has 100 valence electrons. The lowest BCUT2D eigenvalue weighted by Gasteiger charge is -2.64. The van der Waals surface area contributed by atoms with Gasteiger partial charge in [0.15, 0.2) is 0 Å². The topological polar surface area (TPSA) is 15.3 Å². The van der Waals surface area contributed by atoms with Crippen molar-refractivity contribution < 1.29 is 0 Å². The monoisotopic (exact) mass is 246 g/mol. The molecule has 1 heterocycles. The van der Waals surface area contributed by atoms with Crippen molar-refractivity contribution in [1.29, 1.82) is 0 Å². The predicted molar refractivity (Wildman–Crippen MR) is 74.4 cm³/mol. The molecule has 4 saturated carbocycles. The van der Waals surface area contributed by atoms with Crippen molar-refractivity contribution in [3.63, 3.8) is 0 Å². The molecule has 1 saturated heterocycles. The summed E-state index contributed by atoms with van der Waals surface area (Å²) in [6.07, 6.45) is 9.70. The molecule has 5 aliphatic rings. The van der Waals surface area contributed by atoms with Crippen LogP contribution in [0, 0.1) is 23.7 Å². The van der Waals surface area contributed by atoms with Gasteiger partial charge in [-0.2, -0.15) is 0 Å². The molecule has 1 N–H and O–H groups in total. The van der Waals surface area contributed by atoms with Gasteiger partial charge in [-0.15, -0.1) is 6.58 Å². The van der Waals surface area contributed by atoms with E-state index in [1.54, 1.807) is 6.42 Å². The Hall–Kier alpha value is -0.340. The van der Waals surface area contributed by atoms with Crippen LogP contribution in [0.3, 0.4) is 0 Å². The Bertz CT molecular complexity index is 321. The normalized spacial score (nSPS) is 50.9. The quantitative estimate of drug-likeness (QED) is 0.752. The first-order chi connectivity index (χ1) is 8.80. The molecular weight excluding hydrogens is 220 g/mol. The standard InChI is InChI=1S/C16H26N2/c1-2-4-18-5-3-17-16(11-18)14-7-12-6-13(9-14)10-15(16)8-12/h2,12-15,17H,1,3-11H2. The van der Waals surface area contributed by atoms with Crippen LogP contribution in [0.4, 0.5) is 0 Å². The summed E-state index contributed by atoms with van der Waals surface area (Å²) in [7, 11) is 0. The third-order valence-corrected chi connectivity index (χ3v) is 6.35. The van der Waals surface area contributed by atoms with Gasteiger partial charge in [-0.1, -0.05) is 6.08 Å². The van der Waals surface area contributed by atoms with Crippen LogP contribution in [0.2, 0.25) is 0 Å². The van der Waals surface area contributed by atoms with Crippen molar-refractivity contribution in [2.75, 3.05) is 26.2 Å². The van der Waals surface area contributed by atoms with E-state index in [1.807, 2.05) is 0 Å². The van der Waals surface area contributed by atoms with E-state index in [4.69, 9.17) is 0 Å². The number of rotatable bonds is 2. The molecule has 1 aliphatic heterocycles. The molecule has 4 aliphatic carbocycles. The molecule has 0 unspecified atom stereocenters. The highest BCUT2D eigenvalue weighted by Gasteiger charge is 2.57. The van der Waals surface area contributed by atoms with E-state index in [-0.39, 0.29) is 0 Å². The van der Waals surface area contributed by atoms with Gasteiger partial charge >= 0.3 is 0 Å². The van der Waals surface area contributed by atoms with E-state index in [2.05, 4.69) is 22.9 Å². The van der Waals surface area contributed by atoms with Crippen LogP contribution in [0.15, 0.2) is 12.7 Å². The Morgan fingerprint density at radius 3 is 2.39 bits per heavy atom. The maximum Gasteiger partial charge on any atom is 0.0366 e. The van der Waals surface area contributed by atoms with Crippen LogP contribution in [-0.2, 0) is 0 Å². The van der Waals surface area contributed by atoms with Gasteiger partial charge in [-0.05, 0) is 55.8 Å². The summed E-state index contributed by atoms with van der Waals surface area (Å²) in [5.74, 6) is 4.10. The first-order valence-corrected chi connectivity index (χ1v) is 7.88. The lowest BCUT2D eigenvalue weighted by Crippen LogP contribution is -2.72. The van der Waals surface area contributed by atoms with Crippen LogP contribution in [-0.4, -0.2) is 36.6 Å². The Morgan fingerprint density at radius 1 is 1.11 bits per heavy atom. The summed E-state index contributed by atoms with van der Waals surface area (Å²) in [5, 5.41) is 3.99. The SMILES string of the molecule is C=CCN1CCNC2(C1)C1CC3CC(C1)CC2C3. The van der Waals surface area contributed by atoms with Crippen molar-refractivity contribution in [3.05, 3.63) is 12.7 Å². The average Bonchev–Trinajstić information content (AvgIpc) is 2.36. The highest BCUT2D eigenvalue weighted by molar-refractivity contribution is 5.13. The molecule has 0 aromatic carbocycles. The molecule has 2 nitrogen and oxygen atoms in total. The molecule has 18 heavy (non-hydrogen) atoms. The number of hydrogen-bond donors (Lipinski definition) is 1. The number of nitrogens with one attached hydrogen (secondary N) is 1. The molecule has 2 heteroatoms. The molecule has 5 fully saturated rings. The second kappa shape index (κ2) is 4.08. The van der Waals surface area contributed by atoms with E-state index >= 15 is 0 Å². The molecular formula is C16H26N2. The van der Waals surface area contributed by atoms with Gasteiger partial charge in [0, 0.05) is 31.7 Å². The van der Waals surface area contributed by atoms with Crippen molar-refractivity contribution in [3.8, 4) is 0 Å². The summed E-state index contributed by atoms with van der Waals surface area (Å²) >= 11 is 0. The lowest BCUT2D eigenvalue weighted by molar-refractivity contribution is -0.0966. The second-order valence-electron chi connectivity index (χ2n) is 7.30. The molecule has 1 spiro atoms. The summed E-state index contributed by atoms with van der Waals surface area (Å²) < 4.78 is 0. The number of piperazine rings is 1. The Morgan fingerprint density at radius 2 is 1.78 bits per heavy atom. The fourth-order valence-electron chi connectivity index (χ4n) is 5.86. The molecule has 0 aromatic rings. The lowest BCUT2D eigenvalue weighted by atomic mass is 9.48. The van der Waals surface area contributed by atoms with Gasteiger partial charge in [-0.25, -0.2) is 0 Å². The summed E-state index contributed by atoms with van der Waals surface area (Å²) in [5.41, 5.74) is 0.481. The van der Waals surface area contributed by atoms with Gasteiger partial charge in [0.1, 0.15) is 0 Å². The van der Waals surface area contributed by atoms with Crippen LogP contribution in [0.5, 0.6) is 0 Å². The van der Waals surface area contributed by atoms with E-state index in [9.17, 15) is 0 Å². The fraction of sp³-hybridized carbons (Fsp3) is 0.875. The third kappa shape index (κ3) is 1.55. The summed E-state index contributed by atoms with van der Waals surface area (Å²) in [6, 6.07) is 0. The zero-order valence-corrected chi connectivity index (χ0v) is 11.4. The first-order valence-electron chi connectivity index (χ1n) is 7.88. The van der Waals surface area contributed by atoms with Crippen molar-refractivity contribution in [1.82, 2.24) is 10.2 Å². The molecule has 0 aromatic heterocycles. The largest absolute Gasteiger partial charge is 0.308 e. The Kier molecular flexibility index (Phi) is 2.60. The van der Waals surface area contributed by atoms with Gasteiger partial charge in [0.2, 0.25) is 0 Å².